The summed E-state index contributed by atoms with van der Waals surface area (Å²) < 4.78 is 30.3. The summed E-state index contributed by atoms with van der Waals surface area (Å²) in [7, 11) is 0. The zero-order valence-electron chi connectivity index (χ0n) is 20.5. The van der Waals surface area contributed by atoms with Gasteiger partial charge in [0, 0.05) is 48.9 Å². The molecule has 12 heteroatoms. The van der Waals surface area contributed by atoms with Crippen LogP contribution < -0.4 is 0 Å². The van der Waals surface area contributed by atoms with E-state index in [1.807, 2.05) is 16.7 Å². The minimum absolute atomic E-state index is 0. The van der Waals surface area contributed by atoms with Crippen molar-refractivity contribution in [2.45, 2.75) is 38.8 Å². The summed E-state index contributed by atoms with van der Waals surface area (Å²) in [5.74, 6) is -2.46. The lowest BCUT2D eigenvalue weighted by molar-refractivity contribution is -0.186. The van der Waals surface area contributed by atoms with Crippen LogP contribution in [0.4, 0.5) is 8.78 Å². The highest BCUT2D eigenvalue weighted by Gasteiger charge is 2.29. The average molecular weight is 569 g/mol. The van der Waals surface area contributed by atoms with Crippen LogP contribution in [0, 0.1) is 17.6 Å². The van der Waals surface area contributed by atoms with Gasteiger partial charge in [-0.15, -0.1) is 12.4 Å². The van der Waals surface area contributed by atoms with Crippen LogP contribution in [-0.2, 0) is 33.9 Å². The van der Waals surface area contributed by atoms with Gasteiger partial charge in [0.1, 0.15) is 28.9 Å². The third-order valence-electron chi connectivity index (χ3n) is 7.22. The molecule has 8 nitrogen and oxygen atoms in total. The second-order valence-electron chi connectivity index (χ2n) is 9.53. The van der Waals surface area contributed by atoms with Crippen LogP contribution in [0.5, 0.6) is 0 Å². The molecule has 0 unspecified atom stereocenters. The van der Waals surface area contributed by atoms with Gasteiger partial charge in [-0.3, -0.25) is 14.4 Å². The van der Waals surface area contributed by atoms with Gasteiger partial charge in [0.05, 0.1) is 13.1 Å². The molecule has 38 heavy (non-hydrogen) atoms. The minimum atomic E-state index is -0.816. The number of rotatable bonds is 7. The number of nitrogens with zero attached hydrogens (tertiary/aromatic N) is 4. The van der Waals surface area contributed by atoms with Gasteiger partial charge in [-0.2, -0.15) is 5.06 Å². The van der Waals surface area contributed by atoms with Gasteiger partial charge in [0.2, 0.25) is 0 Å². The molecule has 1 fully saturated rings. The number of piperidine rings is 1. The number of halogens is 4. The molecule has 204 valence electrons. The average Bonchev–Trinajstić information content (AvgIpc) is 3.21. The molecular weight excluding hydrogens is 541 g/mol. The molecule has 2 aromatic heterocycles. The van der Waals surface area contributed by atoms with Gasteiger partial charge >= 0.3 is 5.97 Å². The first-order valence-corrected chi connectivity index (χ1v) is 12.6. The van der Waals surface area contributed by atoms with Gasteiger partial charge < -0.3 is 14.6 Å². The van der Waals surface area contributed by atoms with Gasteiger partial charge in [-0.25, -0.2) is 13.8 Å². The summed E-state index contributed by atoms with van der Waals surface area (Å²) in [6.07, 6.45) is 3.85. The van der Waals surface area contributed by atoms with Gasteiger partial charge in [0.25, 0.3) is 5.91 Å². The molecule has 0 aliphatic carbocycles. The summed E-state index contributed by atoms with van der Waals surface area (Å²) in [4.78, 5) is 35.9. The van der Waals surface area contributed by atoms with Crippen molar-refractivity contribution < 1.29 is 28.3 Å². The largest absolute Gasteiger partial charge is 0.481 e. The normalized spacial score (nSPS) is 16.3. The summed E-state index contributed by atoms with van der Waals surface area (Å²) in [6.45, 7) is 1.98. The van der Waals surface area contributed by atoms with E-state index in [0.717, 1.165) is 22.7 Å². The topological polar surface area (TPSA) is 87.9 Å². The van der Waals surface area contributed by atoms with Crippen LogP contribution in [0.3, 0.4) is 0 Å². The fourth-order valence-electron chi connectivity index (χ4n) is 5.23. The predicted molar refractivity (Wildman–Crippen MR) is 139 cm³/mol. The van der Waals surface area contributed by atoms with E-state index >= 15 is 0 Å². The smallest absolute Gasteiger partial charge is 0.303 e. The maximum absolute atomic E-state index is 14.7. The molecular formula is C26H28Cl2F2N4O4. The number of fused-ring (bicyclic) bond motifs is 3. The summed E-state index contributed by atoms with van der Waals surface area (Å²) in [6, 6.07) is 6.31. The lowest BCUT2D eigenvalue weighted by Crippen LogP contribution is -2.42. The number of aromatic nitrogens is 2. The first-order chi connectivity index (χ1) is 17.8. The number of pyridine rings is 1. The fraction of sp³-hybridized carbons (Fsp3) is 0.423. The first-order valence-electron chi connectivity index (χ1n) is 12.3. The molecule has 0 atom stereocenters. The van der Waals surface area contributed by atoms with E-state index in [4.69, 9.17) is 21.5 Å². The van der Waals surface area contributed by atoms with E-state index in [1.54, 1.807) is 16.2 Å². The van der Waals surface area contributed by atoms with E-state index in [-0.39, 0.29) is 49.4 Å². The Morgan fingerprint density at radius 2 is 1.92 bits per heavy atom. The Hall–Kier alpha value is -2.79. The Kier molecular flexibility index (Phi) is 8.87. The number of carbonyl (C=O) groups excluding carboxylic acids is 1. The number of hydroxylamine groups is 2. The lowest BCUT2D eigenvalue weighted by atomic mass is 9.95. The van der Waals surface area contributed by atoms with E-state index in [0.29, 0.717) is 51.1 Å². The molecule has 0 radical (unpaired) electrons. The Morgan fingerprint density at radius 3 is 2.66 bits per heavy atom. The van der Waals surface area contributed by atoms with Crippen LogP contribution >= 0.6 is 24.0 Å². The lowest BCUT2D eigenvalue weighted by Gasteiger charge is -2.32. The van der Waals surface area contributed by atoms with Crippen LogP contribution in [0.25, 0.3) is 11.0 Å². The van der Waals surface area contributed by atoms with Crippen molar-refractivity contribution in [3.8, 4) is 0 Å². The zero-order valence-corrected chi connectivity index (χ0v) is 22.1. The highest BCUT2D eigenvalue weighted by molar-refractivity contribution is 6.30. The number of aliphatic carboxylic acids is 1. The first kappa shape index (κ1) is 28.2. The Bertz CT molecular complexity index is 1340. The summed E-state index contributed by atoms with van der Waals surface area (Å²) in [5, 5.41) is 11.1. The van der Waals surface area contributed by atoms with E-state index in [2.05, 4.69) is 4.98 Å². The maximum Gasteiger partial charge on any atom is 0.303 e. The number of carboxylic acids is 1. The molecule has 1 N–H and O–H groups in total. The second kappa shape index (κ2) is 11.9. The number of carboxylic acid groups (broad SMARTS) is 1. The summed E-state index contributed by atoms with van der Waals surface area (Å²) in [5.41, 5.74) is 2.81. The molecule has 1 saturated heterocycles. The van der Waals surface area contributed by atoms with Gasteiger partial charge in [-0.1, -0.05) is 17.7 Å². The number of benzene rings is 1. The van der Waals surface area contributed by atoms with E-state index < -0.39 is 22.6 Å². The number of amides is 1. The molecule has 5 rings (SSSR count). The number of hydrogen-bond donors (Lipinski definition) is 1. The van der Waals surface area contributed by atoms with Gasteiger partial charge in [-0.05, 0) is 48.9 Å². The van der Waals surface area contributed by atoms with E-state index in [1.165, 1.54) is 6.07 Å². The molecule has 3 aromatic rings. The van der Waals surface area contributed by atoms with Crippen molar-refractivity contribution in [3.05, 3.63) is 63.9 Å². The quantitative estimate of drug-likeness (QED) is 0.424. The van der Waals surface area contributed by atoms with Crippen molar-refractivity contribution in [2.24, 2.45) is 5.92 Å². The van der Waals surface area contributed by atoms with Crippen molar-refractivity contribution in [1.82, 2.24) is 19.5 Å². The molecule has 4 heterocycles. The molecule has 0 spiro atoms. The van der Waals surface area contributed by atoms with Crippen molar-refractivity contribution in [3.63, 3.8) is 0 Å². The molecule has 1 aromatic carbocycles. The molecule has 1 amide bonds. The summed E-state index contributed by atoms with van der Waals surface area (Å²) >= 11 is 5.81. The second-order valence-corrected chi connectivity index (χ2v) is 9.91. The monoisotopic (exact) mass is 568 g/mol. The van der Waals surface area contributed by atoms with Crippen LogP contribution in [0.2, 0.25) is 5.02 Å². The minimum Gasteiger partial charge on any atom is -0.481 e. The van der Waals surface area contributed by atoms with Crippen molar-refractivity contribution in [1.29, 1.82) is 0 Å². The van der Waals surface area contributed by atoms with Crippen LogP contribution in [0.1, 0.15) is 36.1 Å². The molecule has 0 bridgehead atoms. The predicted octanol–water partition coefficient (Wildman–Crippen LogP) is 4.44. The molecule has 0 saturated carbocycles. The van der Waals surface area contributed by atoms with Crippen molar-refractivity contribution >= 4 is 46.9 Å². The SMILES string of the molecule is Cl.O=C(O)CC1CCN(OCC(=O)N2CCc3c(n(Cc4ccc(F)c(Cl)c4F)c4ncccc34)C2)CC1. The third-order valence-corrected chi connectivity index (χ3v) is 7.56. The van der Waals surface area contributed by atoms with Crippen LogP contribution in [-0.4, -0.2) is 62.7 Å². The Labute approximate surface area is 229 Å². The molecule has 2 aliphatic rings. The number of carbonyl (C=O) groups is 2. The fourth-order valence-corrected chi connectivity index (χ4v) is 5.41. The standard InChI is InChI=1S/C26H27ClF2N4O4.ClH/c27-24-20(28)4-3-17(25(24)29)13-33-21-14-31(9-7-18(21)19-2-1-8-30-26(19)33)22(34)15-37-32-10-5-16(6-11-32)12-23(35)36;/h1-4,8,16H,5-7,9-15H2,(H,35,36);1H. The number of hydrogen-bond acceptors (Lipinski definition) is 5. The highest BCUT2D eigenvalue weighted by atomic mass is 35.5. The third kappa shape index (κ3) is 5.78. The van der Waals surface area contributed by atoms with Gasteiger partial charge in [0.15, 0.2) is 0 Å². The van der Waals surface area contributed by atoms with E-state index in [9.17, 15) is 18.4 Å². The molecule has 2 aliphatic heterocycles. The Balaban J connectivity index is 0.00000336. The maximum atomic E-state index is 14.7. The highest BCUT2D eigenvalue weighted by Crippen LogP contribution is 2.32. The van der Waals surface area contributed by atoms with Crippen LogP contribution in [0.15, 0.2) is 30.5 Å². The Morgan fingerprint density at radius 1 is 1.16 bits per heavy atom. The zero-order chi connectivity index (χ0) is 26.1. The van der Waals surface area contributed by atoms with Crippen molar-refractivity contribution in [2.75, 3.05) is 26.2 Å².